The van der Waals surface area contributed by atoms with Crippen LogP contribution < -0.4 is 16.0 Å². The molecule has 7 nitrogen and oxygen atoms in total. The Morgan fingerprint density at radius 2 is 2.07 bits per heavy atom. The van der Waals surface area contributed by atoms with Gasteiger partial charge in [0, 0.05) is 54.6 Å². The predicted octanol–water partition coefficient (Wildman–Crippen LogP) is 3.62. The normalized spacial score (nSPS) is 14.0. The van der Waals surface area contributed by atoms with Crippen LogP contribution in [-0.2, 0) is 16.8 Å². The van der Waals surface area contributed by atoms with Crippen LogP contribution in [-0.4, -0.2) is 27.4 Å². The number of amides is 1. The van der Waals surface area contributed by atoms with Gasteiger partial charge in [-0.25, -0.2) is 15.0 Å². The molecule has 1 amide bonds. The first kappa shape index (κ1) is 18.9. The molecule has 3 N–H and O–H groups in total. The van der Waals surface area contributed by atoms with Crippen molar-refractivity contribution < 1.29 is 4.79 Å². The van der Waals surface area contributed by atoms with Crippen LogP contribution in [0.25, 0.3) is 11.3 Å². The van der Waals surface area contributed by atoms with E-state index in [9.17, 15) is 4.79 Å². The maximum atomic E-state index is 11.1. The van der Waals surface area contributed by atoms with E-state index in [1.807, 2.05) is 36.5 Å². The number of carbonyl (C=O) groups is 1. The summed E-state index contributed by atoms with van der Waals surface area (Å²) < 4.78 is 0. The second-order valence-electron chi connectivity index (χ2n) is 7.86. The van der Waals surface area contributed by atoms with Crippen LogP contribution >= 0.6 is 0 Å². The lowest BCUT2D eigenvalue weighted by atomic mass is 9.87. The van der Waals surface area contributed by atoms with Gasteiger partial charge in [0.1, 0.15) is 5.82 Å². The van der Waals surface area contributed by atoms with Gasteiger partial charge in [0.25, 0.3) is 0 Å². The maximum Gasteiger partial charge on any atom is 0.227 e. The standard InChI is InChI=1S/C22H24N6O/c1-14(29)24-11-15-5-4-6-17(9-15)27-21-23-8-7-19(28-21)16-10-18-20(25-12-16)26-13-22(18,2)3/h4-10,12H,11,13H2,1-3H3,(H,24,29)(H,25,26)(H,23,27,28). The Labute approximate surface area is 170 Å². The smallest absolute Gasteiger partial charge is 0.227 e. The number of aromatic nitrogens is 3. The molecule has 3 heterocycles. The summed E-state index contributed by atoms with van der Waals surface area (Å²) in [6.45, 7) is 7.28. The van der Waals surface area contributed by atoms with Crippen molar-refractivity contribution in [3.8, 4) is 11.3 Å². The van der Waals surface area contributed by atoms with Gasteiger partial charge in [-0.2, -0.15) is 0 Å². The molecule has 29 heavy (non-hydrogen) atoms. The molecule has 0 radical (unpaired) electrons. The minimum Gasteiger partial charge on any atom is -0.369 e. The Kier molecular flexibility index (Phi) is 4.88. The van der Waals surface area contributed by atoms with E-state index in [1.54, 1.807) is 6.20 Å². The molecular formula is C22H24N6O. The average Bonchev–Trinajstić information content (AvgIpc) is 3.01. The lowest BCUT2D eigenvalue weighted by Gasteiger charge is -2.17. The van der Waals surface area contributed by atoms with Crippen LogP contribution in [0.2, 0.25) is 0 Å². The van der Waals surface area contributed by atoms with Gasteiger partial charge in [-0.1, -0.05) is 26.0 Å². The fourth-order valence-corrected chi connectivity index (χ4v) is 3.36. The van der Waals surface area contributed by atoms with Crippen molar-refractivity contribution in [2.45, 2.75) is 32.7 Å². The third-order valence-corrected chi connectivity index (χ3v) is 4.99. The van der Waals surface area contributed by atoms with Crippen molar-refractivity contribution >= 4 is 23.4 Å². The Bertz CT molecular complexity index is 1060. The lowest BCUT2D eigenvalue weighted by molar-refractivity contribution is -0.119. The first-order valence-corrected chi connectivity index (χ1v) is 9.59. The van der Waals surface area contributed by atoms with E-state index in [2.05, 4.69) is 50.8 Å². The summed E-state index contributed by atoms with van der Waals surface area (Å²) in [6.07, 6.45) is 3.58. The molecule has 0 unspecified atom stereocenters. The number of benzene rings is 1. The Morgan fingerprint density at radius 3 is 2.90 bits per heavy atom. The molecule has 1 aromatic carbocycles. The highest BCUT2D eigenvalue weighted by molar-refractivity contribution is 5.73. The first-order valence-electron chi connectivity index (χ1n) is 9.59. The summed E-state index contributed by atoms with van der Waals surface area (Å²) in [4.78, 5) is 24.7. The van der Waals surface area contributed by atoms with E-state index in [-0.39, 0.29) is 11.3 Å². The molecule has 0 atom stereocenters. The van der Waals surface area contributed by atoms with Crippen LogP contribution in [0, 0.1) is 0 Å². The molecular weight excluding hydrogens is 364 g/mol. The Balaban J connectivity index is 1.56. The van der Waals surface area contributed by atoms with E-state index in [4.69, 9.17) is 0 Å². The average molecular weight is 388 g/mol. The molecule has 4 rings (SSSR count). The fraction of sp³-hybridized carbons (Fsp3) is 0.273. The van der Waals surface area contributed by atoms with Crippen LogP contribution in [0.3, 0.4) is 0 Å². The van der Waals surface area contributed by atoms with Gasteiger partial charge in [-0.15, -0.1) is 0 Å². The number of pyridine rings is 1. The molecule has 7 heteroatoms. The summed E-state index contributed by atoms with van der Waals surface area (Å²) in [7, 11) is 0. The molecule has 1 aliphatic rings. The highest BCUT2D eigenvalue weighted by Gasteiger charge is 2.31. The topological polar surface area (TPSA) is 91.8 Å². The van der Waals surface area contributed by atoms with E-state index in [0.29, 0.717) is 12.5 Å². The number of nitrogens with zero attached hydrogens (tertiary/aromatic N) is 3. The Morgan fingerprint density at radius 1 is 1.21 bits per heavy atom. The number of anilines is 3. The fourth-order valence-electron chi connectivity index (χ4n) is 3.36. The largest absolute Gasteiger partial charge is 0.369 e. The van der Waals surface area contributed by atoms with E-state index in [1.165, 1.54) is 12.5 Å². The summed E-state index contributed by atoms with van der Waals surface area (Å²) in [5.74, 6) is 1.40. The van der Waals surface area contributed by atoms with Crippen molar-refractivity contribution in [1.82, 2.24) is 20.3 Å². The zero-order chi connectivity index (χ0) is 20.4. The van der Waals surface area contributed by atoms with Crippen molar-refractivity contribution in [3.63, 3.8) is 0 Å². The zero-order valence-corrected chi connectivity index (χ0v) is 16.8. The quantitative estimate of drug-likeness (QED) is 0.618. The third-order valence-electron chi connectivity index (χ3n) is 4.99. The second-order valence-corrected chi connectivity index (χ2v) is 7.86. The van der Waals surface area contributed by atoms with Crippen molar-refractivity contribution in [2.75, 3.05) is 17.2 Å². The van der Waals surface area contributed by atoms with Gasteiger partial charge >= 0.3 is 0 Å². The molecule has 148 valence electrons. The number of carbonyl (C=O) groups excluding carboxylic acids is 1. The molecule has 0 aliphatic carbocycles. The first-order chi connectivity index (χ1) is 13.9. The summed E-state index contributed by atoms with van der Waals surface area (Å²) in [5.41, 5.74) is 4.89. The van der Waals surface area contributed by atoms with Gasteiger partial charge in [-0.05, 0) is 29.8 Å². The summed E-state index contributed by atoms with van der Waals surface area (Å²) in [6, 6.07) is 11.8. The molecule has 0 saturated carbocycles. The van der Waals surface area contributed by atoms with Crippen LogP contribution in [0.4, 0.5) is 17.5 Å². The minimum atomic E-state index is -0.0549. The molecule has 0 bridgehead atoms. The van der Waals surface area contributed by atoms with Crippen molar-refractivity contribution in [2.24, 2.45) is 0 Å². The summed E-state index contributed by atoms with van der Waals surface area (Å²) >= 11 is 0. The van der Waals surface area contributed by atoms with Gasteiger partial charge in [0.05, 0.1) is 5.69 Å². The van der Waals surface area contributed by atoms with Crippen LogP contribution in [0.15, 0.2) is 48.8 Å². The maximum absolute atomic E-state index is 11.1. The predicted molar refractivity (Wildman–Crippen MR) is 114 cm³/mol. The zero-order valence-electron chi connectivity index (χ0n) is 16.8. The molecule has 0 saturated heterocycles. The van der Waals surface area contributed by atoms with E-state index >= 15 is 0 Å². The molecule has 0 spiro atoms. The SMILES string of the molecule is CC(=O)NCc1cccc(Nc2nccc(-c3cnc4c(c3)C(C)(C)CN4)n2)c1. The van der Waals surface area contributed by atoms with Crippen LogP contribution in [0.1, 0.15) is 31.9 Å². The van der Waals surface area contributed by atoms with Gasteiger partial charge in [0.15, 0.2) is 0 Å². The minimum absolute atomic E-state index is 0.0425. The van der Waals surface area contributed by atoms with E-state index < -0.39 is 0 Å². The van der Waals surface area contributed by atoms with Gasteiger partial charge in [-0.3, -0.25) is 4.79 Å². The lowest BCUT2D eigenvalue weighted by Crippen LogP contribution is -2.18. The second kappa shape index (κ2) is 7.50. The monoisotopic (exact) mass is 388 g/mol. The molecule has 1 aliphatic heterocycles. The van der Waals surface area contributed by atoms with Gasteiger partial charge in [0.2, 0.25) is 11.9 Å². The number of nitrogens with one attached hydrogen (secondary N) is 3. The Hall–Kier alpha value is -3.48. The molecule has 0 fully saturated rings. The van der Waals surface area contributed by atoms with Crippen LogP contribution in [0.5, 0.6) is 0 Å². The highest BCUT2D eigenvalue weighted by atomic mass is 16.1. The van der Waals surface area contributed by atoms with E-state index in [0.717, 1.165) is 34.9 Å². The molecule has 2 aromatic heterocycles. The third kappa shape index (κ3) is 4.18. The highest BCUT2D eigenvalue weighted by Crippen LogP contribution is 2.36. The summed E-state index contributed by atoms with van der Waals surface area (Å²) in [5, 5.41) is 9.40. The number of rotatable bonds is 5. The van der Waals surface area contributed by atoms with Crippen molar-refractivity contribution in [1.29, 1.82) is 0 Å². The number of fused-ring (bicyclic) bond motifs is 1. The molecule has 3 aromatic rings. The van der Waals surface area contributed by atoms with Crippen molar-refractivity contribution in [3.05, 3.63) is 59.9 Å². The van der Waals surface area contributed by atoms with Gasteiger partial charge < -0.3 is 16.0 Å². The number of hydrogen-bond donors (Lipinski definition) is 3. The number of hydrogen-bond acceptors (Lipinski definition) is 6.